The molecular formula is C30H42N6O6. The molecule has 12 heteroatoms. The number of alkyl carbamates (subject to hydrolysis) is 1. The van der Waals surface area contributed by atoms with Crippen LogP contribution in [0.4, 0.5) is 22.0 Å². The number of benzene rings is 1. The summed E-state index contributed by atoms with van der Waals surface area (Å²) in [5, 5.41) is 6.24. The van der Waals surface area contributed by atoms with Gasteiger partial charge in [-0.25, -0.2) is 4.79 Å². The van der Waals surface area contributed by atoms with Gasteiger partial charge in [0.2, 0.25) is 5.88 Å². The largest absolute Gasteiger partial charge is 0.477 e. The lowest BCUT2D eigenvalue weighted by molar-refractivity contribution is 0.0303. The van der Waals surface area contributed by atoms with E-state index in [4.69, 9.17) is 19.9 Å². The van der Waals surface area contributed by atoms with Crippen LogP contribution in [0.1, 0.15) is 66.7 Å². The minimum Gasteiger partial charge on any atom is -0.477 e. The fourth-order valence-corrected chi connectivity index (χ4v) is 4.93. The number of primary amides is 1. The van der Waals surface area contributed by atoms with E-state index in [0.717, 1.165) is 38.6 Å². The third-order valence-corrected chi connectivity index (χ3v) is 7.17. The number of amides is 3. The standard InChI is InChI=1S/C30H42N6O6/c1-3-5-16-42-30(39)33-23-7-6-12-36(20-23)25-19-24(26(27(31)37)28(34-25)41-15-4-2)32-22-10-8-21(9-11-22)29(38)35-13-17-40-18-14-35/h8-11,19,23H,3-7,12-18,20H2,1-2H3,(H2,31,37)(H,32,34)(H,33,39). The zero-order chi connectivity index (χ0) is 29.9. The van der Waals surface area contributed by atoms with Crippen molar-refractivity contribution in [2.75, 3.05) is 62.8 Å². The normalized spacial score (nSPS) is 17.0. The highest BCUT2D eigenvalue weighted by Gasteiger charge is 2.27. The summed E-state index contributed by atoms with van der Waals surface area (Å²) in [5.41, 5.74) is 7.64. The Morgan fingerprint density at radius 3 is 2.52 bits per heavy atom. The molecule has 2 aromatic rings. The molecule has 1 atom stereocenters. The van der Waals surface area contributed by atoms with E-state index >= 15 is 0 Å². The van der Waals surface area contributed by atoms with E-state index in [0.29, 0.717) is 68.8 Å². The lowest BCUT2D eigenvalue weighted by Crippen LogP contribution is -2.48. The van der Waals surface area contributed by atoms with Crippen molar-refractivity contribution in [2.45, 2.75) is 52.0 Å². The second-order valence-corrected chi connectivity index (χ2v) is 10.4. The van der Waals surface area contributed by atoms with Crippen LogP contribution < -0.4 is 26.0 Å². The fraction of sp³-hybridized carbons (Fsp3) is 0.533. The van der Waals surface area contributed by atoms with Gasteiger partial charge in [0.05, 0.1) is 32.1 Å². The van der Waals surface area contributed by atoms with Gasteiger partial charge < -0.3 is 40.4 Å². The lowest BCUT2D eigenvalue weighted by Gasteiger charge is -2.34. The van der Waals surface area contributed by atoms with Gasteiger partial charge >= 0.3 is 6.09 Å². The summed E-state index contributed by atoms with van der Waals surface area (Å²) in [4.78, 5) is 46.2. The number of piperidine rings is 1. The van der Waals surface area contributed by atoms with Gasteiger partial charge in [-0.05, 0) is 49.9 Å². The van der Waals surface area contributed by atoms with Gasteiger partial charge in [-0.1, -0.05) is 20.3 Å². The molecule has 228 valence electrons. The zero-order valence-electron chi connectivity index (χ0n) is 24.5. The third kappa shape index (κ3) is 8.25. The second-order valence-electron chi connectivity index (χ2n) is 10.4. The van der Waals surface area contributed by atoms with Gasteiger partial charge in [0.25, 0.3) is 11.8 Å². The number of carbonyl (C=O) groups is 3. The summed E-state index contributed by atoms with van der Waals surface area (Å²) in [7, 11) is 0. The Labute approximate surface area is 246 Å². The monoisotopic (exact) mass is 582 g/mol. The summed E-state index contributed by atoms with van der Waals surface area (Å²) < 4.78 is 16.5. The van der Waals surface area contributed by atoms with Crippen molar-refractivity contribution in [3.63, 3.8) is 0 Å². The van der Waals surface area contributed by atoms with Crippen LogP contribution in [0.15, 0.2) is 30.3 Å². The first-order valence-corrected chi connectivity index (χ1v) is 14.8. The maximum atomic E-state index is 12.9. The van der Waals surface area contributed by atoms with E-state index in [1.54, 1.807) is 35.2 Å². The molecule has 2 aliphatic rings. The first-order chi connectivity index (χ1) is 20.4. The Balaban J connectivity index is 1.55. The predicted octanol–water partition coefficient (Wildman–Crippen LogP) is 3.68. The van der Waals surface area contributed by atoms with Crippen molar-refractivity contribution in [2.24, 2.45) is 5.73 Å². The van der Waals surface area contributed by atoms with Gasteiger partial charge in [-0.2, -0.15) is 4.98 Å². The molecule has 1 unspecified atom stereocenters. The molecule has 0 bridgehead atoms. The summed E-state index contributed by atoms with van der Waals surface area (Å²) in [6.45, 7) is 8.20. The van der Waals surface area contributed by atoms with Crippen LogP contribution in [0.5, 0.6) is 5.88 Å². The molecule has 2 saturated heterocycles. The number of hydrogen-bond acceptors (Lipinski definition) is 9. The molecular weight excluding hydrogens is 540 g/mol. The number of nitrogens with one attached hydrogen (secondary N) is 2. The van der Waals surface area contributed by atoms with E-state index in [9.17, 15) is 14.4 Å². The van der Waals surface area contributed by atoms with Crippen molar-refractivity contribution in [1.82, 2.24) is 15.2 Å². The number of aromatic nitrogens is 1. The number of carbonyl (C=O) groups excluding carboxylic acids is 3. The van der Waals surface area contributed by atoms with Gasteiger partial charge in [-0.15, -0.1) is 0 Å². The Morgan fingerprint density at radius 1 is 1.07 bits per heavy atom. The first-order valence-electron chi connectivity index (χ1n) is 14.8. The van der Waals surface area contributed by atoms with E-state index in [1.165, 1.54) is 0 Å². The molecule has 12 nitrogen and oxygen atoms in total. The SMILES string of the molecule is CCCCOC(=O)NC1CCCN(c2cc(Nc3ccc(C(=O)N4CCOCC4)cc3)c(C(N)=O)c(OCCC)n2)C1. The molecule has 42 heavy (non-hydrogen) atoms. The average Bonchev–Trinajstić information content (AvgIpc) is 3.00. The smallest absolute Gasteiger partial charge is 0.407 e. The second kappa shape index (κ2) is 15.2. The minimum atomic E-state index is -0.671. The van der Waals surface area contributed by atoms with Crippen molar-refractivity contribution in [3.8, 4) is 5.88 Å². The molecule has 3 amide bonds. The number of unbranched alkanes of at least 4 members (excludes halogenated alkanes) is 1. The van der Waals surface area contributed by atoms with Gasteiger partial charge in [-0.3, -0.25) is 9.59 Å². The predicted molar refractivity (Wildman–Crippen MR) is 160 cm³/mol. The van der Waals surface area contributed by atoms with Gasteiger partial charge in [0.15, 0.2) is 0 Å². The highest BCUT2D eigenvalue weighted by Crippen LogP contribution is 2.33. The Morgan fingerprint density at radius 2 is 1.83 bits per heavy atom. The summed E-state index contributed by atoms with van der Waals surface area (Å²) in [6, 6.07) is 8.74. The summed E-state index contributed by atoms with van der Waals surface area (Å²) in [6.07, 6.45) is 3.74. The number of morpholine rings is 1. The van der Waals surface area contributed by atoms with Crippen LogP contribution in [0.3, 0.4) is 0 Å². The minimum absolute atomic E-state index is 0.0494. The molecule has 0 spiro atoms. The molecule has 2 aliphatic heterocycles. The van der Waals surface area contributed by atoms with Crippen molar-refractivity contribution < 1.29 is 28.6 Å². The molecule has 1 aromatic heterocycles. The van der Waals surface area contributed by atoms with Crippen molar-refractivity contribution >= 4 is 35.1 Å². The molecule has 1 aromatic carbocycles. The average molecular weight is 583 g/mol. The van der Waals surface area contributed by atoms with Crippen LogP contribution in [0.2, 0.25) is 0 Å². The van der Waals surface area contributed by atoms with Crippen LogP contribution in [-0.4, -0.2) is 86.4 Å². The van der Waals surface area contributed by atoms with Crippen LogP contribution in [0.25, 0.3) is 0 Å². The lowest BCUT2D eigenvalue weighted by atomic mass is 10.1. The number of pyridine rings is 1. The number of anilines is 3. The number of nitrogens with zero attached hydrogens (tertiary/aromatic N) is 3. The fourth-order valence-electron chi connectivity index (χ4n) is 4.93. The molecule has 4 rings (SSSR count). The number of rotatable bonds is 12. The highest BCUT2D eigenvalue weighted by atomic mass is 16.5. The van der Waals surface area contributed by atoms with E-state index in [-0.39, 0.29) is 23.4 Å². The quantitative estimate of drug-likeness (QED) is 0.319. The molecule has 0 aliphatic carbocycles. The molecule has 3 heterocycles. The van der Waals surface area contributed by atoms with Crippen LogP contribution in [-0.2, 0) is 9.47 Å². The maximum absolute atomic E-state index is 12.9. The van der Waals surface area contributed by atoms with Gasteiger partial charge in [0.1, 0.15) is 11.4 Å². The molecule has 0 saturated carbocycles. The third-order valence-electron chi connectivity index (χ3n) is 7.17. The number of nitrogens with two attached hydrogens (primary N) is 1. The van der Waals surface area contributed by atoms with Crippen LogP contribution in [0, 0.1) is 0 Å². The molecule has 4 N–H and O–H groups in total. The Hall–Kier alpha value is -4.06. The number of hydrogen-bond donors (Lipinski definition) is 3. The van der Waals surface area contributed by atoms with E-state index < -0.39 is 12.0 Å². The Kier molecular flexibility index (Phi) is 11.2. The summed E-state index contributed by atoms with van der Waals surface area (Å²) in [5.74, 6) is 0.0255. The molecule has 0 radical (unpaired) electrons. The molecule has 2 fully saturated rings. The van der Waals surface area contributed by atoms with E-state index in [2.05, 4.69) is 20.5 Å². The topological polar surface area (TPSA) is 148 Å². The first kappa shape index (κ1) is 30.9. The van der Waals surface area contributed by atoms with Gasteiger partial charge in [0, 0.05) is 49.5 Å². The Bertz CT molecular complexity index is 1220. The van der Waals surface area contributed by atoms with E-state index in [1.807, 2.05) is 13.8 Å². The zero-order valence-corrected chi connectivity index (χ0v) is 24.5. The summed E-state index contributed by atoms with van der Waals surface area (Å²) >= 11 is 0. The highest BCUT2D eigenvalue weighted by molar-refractivity contribution is 6.02. The van der Waals surface area contributed by atoms with Crippen molar-refractivity contribution in [3.05, 3.63) is 41.5 Å². The number of ether oxygens (including phenoxy) is 3. The maximum Gasteiger partial charge on any atom is 0.407 e. The van der Waals surface area contributed by atoms with Crippen molar-refractivity contribution in [1.29, 1.82) is 0 Å². The van der Waals surface area contributed by atoms with Crippen LogP contribution >= 0.6 is 0 Å².